The number of nitrogens with two attached hydrogens (primary N) is 1. The molecule has 0 saturated carbocycles. The van der Waals surface area contributed by atoms with Crippen molar-refractivity contribution in [2.45, 2.75) is 39.7 Å². The van der Waals surface area contributed by atoms with Gasteiger partial charge in [-0.15, -0.1) is 0 Å². The van der Waals surface area contributed by atoms with Gasteiger partial charge in [-0.05, 0) is 24.0 Å². The highest BCUT2D eigenvalue weighted by atomic mass is 19.2. The Kier molecular flexibility index (Phi) is 5.16. The van der Waals surface area contributed by atoms with Crippen molar-refractivity contribution in [3.8, 4) is 0 Å². The minimum Gasteiger partial charge on any atom is -0.327 e. The molecule has 1 rings (SSSR count). The molecule has 0 aromatic heterocycles. The predicted octanol–water partition coefficient (Wildman–Crippen LogP) is 3.20. The van der Waals surface area contributed by atoms with Crippen LogP contribution in [0.1, 0.15) is 33.6 Å². The molecule has 0 aliphatic rings. The van der Waals surface area contributed by atoms with E-state index in [9.17, 15) is 18.0 Å². The topological polar surface area (TPSA) is 55.1 Å². The van der Waals surface area contributed by atoms with Gasteiger partial charge in [0.2, 0.25) is 5.91 Å². The molecule has 1 amide bonds. The average Bonchev–Trinajstić information content (AvgIpc) is 2.27. The van der Waals surface area contributed by atoms with Gasteiger partial charge in [-0.3, -0.25) is 4.79 Å². The van der Waals surface area contributed by atoms with Crippen LogP contribution in [-0.4, -0.2) is 11.9 Å². The first-order chi connectivity index (χ1) is 9.10. The van der Waals surface area contributed by atoms with E-state index in [-0.39, 0.29) is 17.9 Å². The first-order valence-electron chi connectivity index (χ1n) is 6.29. The summed E-state index contributed by atoms with van der Waals surface area (Å²) in [7, 11) is 0. The Hall–Kier alpha value is -1.56. The molecule has 0 heterocycles. The molecule has 0 aliphatic heterocycles. The number of carbonyl (C=O) groups is 1. The van der Waals surface area contributed by atoms with E-state index < -0.39 is 29.0 Å². The normalized spacial score (nSPS) is 13.2. The van der Waals surface area contributed by atoms with Crippen LogP contribution in [0.5, 0.6) is 0 Å². The highest BCUT2D eigenvalue weighted by Crippen LogP contribution is 2.22. The van der Waals surface area contributed by atoms with Crippen LogP contribution in [0, 0.1) is 22.9 Å². The lowest BCUT2D eigenvalue weighted by molar-refractivity contribution is -0.116. The zero-order valence-electron chi connectivity index (χ0n) is 11.8. The van der Waals surface area contributed by atoms with Crippen LogP contribution < -0.4 is 11.1 Å². The van der Waals surface area contributed by atoms with Gasteiger partial charge in [0.1, 0.15) is 0 Å². The number of hydrogen-bond acceptors (Lipinski definition) is 2. The fraction of sp³-hybridized carbons (Fsp3) is 0.500. The molecule has 0 aliphatic carbocycles. The van der Waals surface area contributed by atoms with Gasteiger partial charge in [-0.1, -0.05) is 20.8 Å². The van der Waals surface area contributed by atoms with E-state index in [2.05, 4.69) is 5.32 Å². The maximum atomic E-state index is 13.4. The van der Waals surface area contributed by atoms with Crippen molar-refractivity contribution in [2.75, 3.05) is 5.32 Å². The highest BCUT2D eigenvalue weighted by Gasteiger charge is 2.20. The fourth-order valence-corrected chi connectivity index (χ4v) is 1.92. The van der Waals surface area contributed by atoms with Gasteiger partial charge in [-0.25, -0.2) is 13.2 Å². The molecule has 0 fully saturated rings. The van der Waals surface area contributed by atoms with Crippen molar-refractivity contribution < 1.29 is 18.0 Å². The van der Waals surface area contributed by atoms with E-state index in [0.29, 0.717) is 6.42 Å². The lowest BCUT2D eigenvalue weighted by atomic mass is 9.87. The van der Waals surface area contributed by atoms with Gasteiger partial charge in [-0.2, -0.15) is 0 Å². The molecule has 0 spiro atoms. The quantitative estimate of drug-likeness (QED) is 0.836. The lowest BCUT2D eigenvalue weighted by Crippen LogP contribution is -2.31. The summed E-state index contributed by atoms with van der Waals surface area (Å²) in [4.78, 5) is 11.7. The van der Waals surface area contributed by atoms with E-state index in [1.807, 2.05) is 20.8 Å². The number of halogens is 3. The molecule has 3 nitrogen and oxygen atoms in total. The summed E-state index contributed by atoms with van der Waals surface area (Å²) in [6.45, 7) is 5.96. The molecule has 0 bridgehead atoms. The molecule has 112 valence electrons. The lowest BCUT2D eigenvalue weighted by Gasteiger charge is -2.22. The van der Waals surface area contributed by atoms with Crippen molar-refractivity contribution in [1.82, 2.24) is 0 Å². The Morgan fingerprint density at radius 2 is 1.85 bits per heavy atom. The van der Waals surface area contributed by atoms with Crippen molar-refractivity contribution in [1.29, 1.82) is 0 Å². The summed E-state index contributed by atoms with van der Waals surface area (Å²) in [5.74, 6) is -4.86. The third kappa shape index (κ3) is 4.85. The molecule has 0 radical (unpaired) electrons. The van der Waals surface area contributed by atoms with E-state index in [1.54, 1.807) is 0 Å². The second-order valence-electron chi connectivity index (χ2n) is 6.00. The predicted molar refractivity (Wildman–Crippen MR) is 71.6 cm³/mol. The second kappa shape index (κ2) is 6.26. The summed E-state index contributed by atoms with van der Waals surface area (Å²) in [6.07, 6.45) is 0.594. The Morgan fingerprint density at radius 3 is 2.40 bits per heavy atom. The fourth-order valence-electron chi connectivity index (χ4n) is 1.92. The van der Waals surface area contributed by atoms with Crippen LogP contribution in [0.2, 0.25) is 0 Å². The number of nitrogens with one attached hydrogen (secondary N) is 1. The molecule has 1 unspecified atom stereocenters. The molecule has 0 saturated heterocycles. The Morgan fingerprint density at radius 1 is 1.25 bits per heavy atom. The van der Waals surface area contributed by atoms with Crippen LogP contribution in [0.4, 0.5) is 18.9 Å². The SMILES string of the molecule is CC(C)(C)CC(N)CC(=O)Nc1ccc(F)c(F)c1F. The summed E-state index contributed by atoms with van der Waals surface area (Å²) in [5, 5.41) is 2.19. The molecule has 6 heteroatoms. The summed E-state index contributed by atoms with van der Waals surface area (Å²) in [5.41, 5.74) is 5.39. The maximum Gasteiger partial charge on any atom is 0.226 e. The Bertz CT molecular complexity index is 498. The largest absolute Gasteiger partial charge is 0.327 e. The number of rotatable bonds is 4. The first kappa shape index (κ1) is 16.5. The molecule has 1 aromatic rings. The van der Waals surface area contributed by atoms with Crippen molar-refractivity contribution in [2.24, 2.45) is 11.1 Å². The maximum absolute atomic E-state index is 13.4. The molecule has 1 aromatic carbocycles. The van der Waals surface area contributed by atoms with Gasteiger partial charge < -0.3 is 11.1 Å². The summed E-state index contributed by atoms with van der Waals surface area (Å²) >= 11 is 0. The summed E-state index contributed by atoms with van der Waals surface area (Å²) in [6, 6.07) is 1.34. The minimum atomic E-state index is -1.61. The van der Waals surface area contributed by atoms with Gasteiger partial charge in [0.25, 0.3) is 0 Å². The average molecular weight is 288 g/mol. The minimum absolute atomic E-state index is 0.0181. The monoisotopic (exact) mass is 288 g/mol. The summed E-state index contributed by atoms with van der Waals surface area (Å²) < 4.78 is 39.1. The number of benzene rings is 1. The molecular weight excluding hydrogens is 269 g/mol. The number of hydrogen-bond donors (Lipinski definition) is 2. The van der Waals surface area contributed by atoms with E-state index in [1.165, 1.54) is 0 Å². The van der Waals surface area contributed by atoms with Gasteiger partial charge >= 0.3 is 0 Å². The molecule has 20 heavy (non-hydrogen) atoms. The number of amides is 1. The highest BCUT2D eigenvalue weighted by molar-refractivity contribution is 5.91. The molecular formula is C14H19F3N2O. The zero-order valence-corrected chi connectivity index (χ0v) is 11.8. The number of carbonyl (C=O) groups excluding carboxylic acids is 1. The second-order valence-corrected chi connectivity index (χ2v) is 6.00. The van der Waals surface area contributed by atoms with Crippen molar-refractivity contribution in [3.05, 3.63) is 29.6 Å². The van der Waals surface area contributed by atoms with Crippen LogP contribution in [0.25, 0.3) is 0 Å². The van der Waals surface area contributed by atoms with Gasteiger partial charge in [0.15, 0.2) is 17.5 Å². The molecule has 3 N–H and O–H groups in total. The smallest absolute Gasteiger partial charge is 0.226 e. The van der Waals surface area contributed by atoms with E-state index >= 15 is 0 Å². The number of anilines is 1. The third-order valence-electron chi connectivity index (χ3n) is 2.63. The third-order valence-corrected chi connectivity index (χ3v) is 2.63. The van der Waals surface area contributed by atoms with Gasteiger partial charge in [0, 0.05) is 12.5 Å². The first-order valence-corrected chi connectivity index (χ1v) is 6.29. The van der Waals surface area contributed by atoms with E-state index in [4.69, 9.17) is 5.73 Å². The van der Waals surface area contributed by atoms with Crippen LogP contribution in [0.15, 0.2) is 12.1 Å². The van der Waals surface area contributed by atoms with Crippen molar-refractivity contribution in [3.63, 3.8) is 0 Å². The Labute approximate surface area is 116 Å². The van der Waals surface area contributed by atoms with Gasteiger partial charge in [0.05, 0.1) is 5.69 Å². The van der Waals surface area contributed by atoms with Crippen molar-refractivity contribution >= 4 is 11.6 Å². The Balaban J connectivity index is 2.66. The van der Waals surface area contributed by atoms with Crippen LogP contribution in [-0.2, 0) is 4.79 Å². The zero-order chi connectivity index (χ0) is 15.5. The molecule has 1 atom stereocenters. The van der Waals surface area contributed by atoms with E-state index in [0.717, 1.165) is 12.1 Å². The standard InChI is InChI=1S/C14H19F3N2O/c1-14(2,3)7-8(18)6-11(20)19-10-5-4-9(15)12(16)13(10)17/h4-5,8H,6-7,18H2,1-3H3,(H,19,20). The van der Waals surface area contributed by atoms with Crippen LogP contribution in [0.3, 0.4) is 0 Å². The van der Waals surface area contributed by atoms with Crippen LogP contribution >= 0.6 is 0 Å².